The van der Waals surface area contributed by atoms with Crippen LogP contribution in [0.5, 0.6) is 0 Å². The number of aldehydes is 1. The topological polar surface area (TPSA) is 37.3 Å². The van der Waals surface area contributed by atoms with Crippen LogP contribution in [0.4, 0.5) is 0 Å². The zero-order chi connectivity index (χ0) is 9.56. The SMILES string of the molecule is CCC(C)C(O)C(C)C=CC=O. The Balaban J connectivity index is 3.99. The summed E-state index contributed by atoms with van der Waals surface area (Å²) in [6.07, 6.45) is 4.53. The second-order valence-electron chi connectivity index (χ2n) is 3.26. The molecule has 0 radical (unpaired) electrons. The molecule has 70 valence electrons. The van der Waals surface area contributed by atoms with E-state index in [0.717, 1.165) is 12.7 Å². The first-order valence-corrected chi connectivity index (χ1v) is 4.43. The number of hydrogen-bond acceptors (Lipinski definition) is 2. The van der Waals surface area contributed by atoms with Gasteiger partial charge >= 0.3 is 0 Å². The van der Waals surface area contributed by atoms with E-state index in [2.05, 4.69) is 0 Å². The van der Waals surface area contributed by atoms with Gasteiger partial charge in [0.25, 0.3) is 0 Å². The number of aliphatic hydroxyl groups is 1. The van der Waals surface area contributed by atoms with Crippen LogP contribution in [0.1, 0.15) is 27.2 Å². The van der Waals surface area contributed by atoms with Crippen LogP contribution in [0.3, 0.4) is 0 Å². The molecule has 1 N–H and O–H groups in total. The van der Waals surface area contributed by atoms with Crippen molar-refractivity contribution in [1.82, 2.24) is 0 Å². The Morgan fingerprint density at radius 3 is 2.42 bits per heavy atom. The maximum Gasteiger partial charge on any atom is 0.142 e. The fraction of sp³-hybridized carbons (Fsp3) is 0.700. The predicted octanol–water partition coefficient (Wildman–Crippen LogP) is 1.78. The molecule has 0 saturated heterocycles. The third-order valence-electron chi connectivity index (χ3n) is 2.26. The minimum absolute atomic E-state index is 0.0603. The van der Waals surface area contributed by atoms with E-state index in [1.54, 1.807) is 6.08 Å². The molecule has 12 heavy (non-hydrogen) atoms. The minimum Gasteiger partial charge on any atom is -0.392 e. The zero-order valence-corrected chi connectivity index (χ0v) is 8.03. The second kappa shape index (κ2) is 5.95. The molecule has 0 aliphatic rings. The molecule has 3 atom stereocenters. The lowest BCUT2D eigenvalue weighted by Crippen LogP contribution is -2.23. The van der Waals surface area contributed by atoms with Crippen molar-refractivity contribution in [2.45, 2.75) is 33.3 Å². The van der Waals surface area contributed by atoms with E-state index in [0.29, 0.717) is 0 Å². The second-order valence-corrected chi connectivity index (χ2v) is 3.26. The highest BCUT2D eigenvalue weighted by Gasteiger charge is 2.16. The van der Waals surface area contributed by atoms with Crippen LogP contribution in [0.15, 0.2) is 12.2 Å². The van der Waals surface area contributed by atoms with Gasteiger partial charge in [-0.25, -0.2) is 0 Å². The quantitative estimate of drug-likeness (QED) is 0.504. The molecule has 0 aromatic heterocycles. The molecule has 0 aliphatic heterocycles. The van der Waals surface area contributed by atoms with Gasteiger partial charge in [0, 0.05) is 5.92 Å². The van der Waals surface area contributed by atoms with E-state index in [4.69, 9.17) is 0 Å². The third-order valence-corrected chi connectivity index (χ3v) is 2.26. The lowest BCUT2D eigenvalue weighted by Gasteiger charge is -2.21. The lowest BCUT2D eigenvalue weighted by molar-refractivity contribution is -0.104. The fourth-order valence-corrected chi connectivity index (χ4v) is 1.09. The Morgan fingerprint density at radius 1 is 1.42 bits per heavy atom. The van der Waals surface area contributed by atoms with Crippen molar-refractivity contribution in [2.24, 2.45) is 11.8 Å². The van der Waals surface area contributed by atoms with Gasteiger partial charge < -0.3 is 5.11 Å². The number of aliphatic hydroxyl groups excluding tert-OH is 1. The Kier molecular flexibility index (Phi) is 5.64. The highest BCUT2D eigenvalue weighted by atomic mass is 16.3. The van der Waals surface area contributed by atoms with Crippen LogP contribution in [-0.2, 0) is 4.79 Å². The van der Waals surface area contributed by atoms with Crippen LogP contribution in [0.25, 0.3) is 0 Å². The van der Waals surface area contributed by atoms with E-state index >= 15 is 0 Å². The standard InChI is InChI=1S/C10H18O2/c1-4-8(2)10(12)9(3)6-5-7-11/h5-10,12H,4H2,1-3H3. The summed E-state index contributed by atoms with van der Waals surface area (Å²) in [6, 6.07) is 0. The van der Waals surface area contributed by atoms with E-state index in [1.807, 2.05) is 20.8 Å². The fourth-order valence-electron chi connectivity index (χ4n) is 1.09. The van der Waals surface area contributed by atoms with E-state index < -0.39 is 0 Å². The third kappa shape index (κ3) is 3.67. The summed E-state index contributed by atoms with van der Waals surface area (Å²) in [5.74, 6) is 0.349. The molecule has 2 heteroatoms. The molecule has 0 saturated carbocycles. The maximum absolute atomic E-state index is 10.0. The van der Waals surface area contributed by atoms with Gasteiger partial charge in [0.05, 0.1) is 6.10 Å². The highest BCUT2D eigenvalue weighted by Crippen LogP contribution is 2.16. The van der Waals surface area contributed by atoms with Gasteiger partial charge in [-0.05, 0) is 12.0 Å². The van der Waals surface area contributed by atoms with Crippen molar-refractivity contribution in [3.63, 3.8) is 0 Å². The van der Waals surface area contributed by atoms with Gasteiger partial charge in [-0.1, -0.05) is 33.3 Å². The summed E-state index contributed by atoms with van der Waals surface area (Å²) < 4.78 is 0. The van der Waals surface area contributed by atoms with Gasteiger partial charge in [-0.3, -0.25) is 4.79 Å². The molecule has 0 aliphatic carbocycles. The van der Waals surface area contributed by atoms with Crippen LogP contribution in [0, 0.1) is 11.8 Å². The Morgan fingerprint density at radius 2 is 2.00 bits per heavy atom. The molecule has 0 amide bonds. The molecule has 0 bridgehead atoms. The highest BCUT2D eigenvalue weighted by molar-refractivity contribution is 5.64. The average molecular weight is 170 g/mol. The predicted molar refractivity (Wildman–Crippen MR) is 49.8 cm³/mol. The average Bonchev–Trinajstić information content (AvgIpc) is 2.11. The summed E-state index contributed by atoms with van der Waals surface area (Å²) in [6.45, 7) is 5.97. The van der Waals surface area contributed by atoms with Gasteiger partial charge in [-0.2, -0.15) is 0 Å². The normalized spacial score (nSPS) is 19.0. The number of hydrogen-bond donors (Lipinski definition) is 1. The van der Waals surface area contributed by atoms with E-state index in [-0.39, 0.29) is 17.9 Å². The first-order chi connectivity index (χ1) is 5.63. The lowest BCUT2D eigenvalue weighted by atomic mass is 9.91. The van der Waals surface area contributed by atoms with Crippen molar-refractivity contribution in [3.05, 3.63) is 12.2 Å². The largest absolute Gasteiger partial charge is 0.392 e. The molecular formula is C10H18O2. The van der Waals surface area contributed by atoms with Crippen molar-refractivity contribution in [3.8, 4) is 0 Å². The zero-order valence-electron chi connectivity index (χ0n) is 8.03. The van der Waals surface area contributed by atoms with Crippen molar-refractivity contribution in [2.75, 3.05) is 0 Å². The van der Waals surface area contributed by atoms with Gasteiger partial charge in [0.2, 0.25) is 0 Å². The van der Waals surface area contributed by atoms with Crippen LogP contribution in [0.2, 0.25) is 0 Å². The summed E-state index contributed by atoms with van der Waals surface area (Å²) in [7, 11) is 0. The number of carbonyl (C=O) groups excluding carboxylic acids is 1. The molecule has 0 rings (SSSR count). The van der Waals surface area contributed by atoms with Crippen molar-refractivity contribution in [1.29, 1.82) is 0 Å². The molecule has 0 heterocycles. The molecular weight excluding hydrogens is 152 g/mol. The minimum atomic E-state index is -0.341. The van der Waals surface area contributed by atoms with Gasteiger partial charge in [0.15, 0.2) is 0 Å². The van der Waals surface area contributed by atoms with Crippen molar-refractivity contribution < 1.29 is 9.90 Å². The Hall–Kier alpha value is -0.630. The van der Waals surface area contributed by atoms with Crippen LogP contribution >= 0.6 is 0 Å². The Labute approximate surface area is 74.3 Å². The monoisotopic (exact) mass is 170 g/mol. The van der Waals surface area contributed by atoms with Crippen LogP contribution < -0.4 is 0 Å². The maximum atomic E-state index is 10.0. The van der Waals surface area contributed by atoms with E-state index in [1.165, 1.54) is 6.08 Å². The molecule has 3 unspecified atom stereocenters. The first-order valence-electron chi connectivity index (χ1n) is 4.43. The molecule has 2 nitrogen and oxygen atoms in total. The van der Waals surface area contributed by atoms with Gasteiger partial charge in [0.1, 0.15) is 6.29 Å². The summed E-state index contributed by atoms with van der Waals surface area (Å²) >= 11 is 0. The number of carbonyl (C=O) groups is 1. The van der Waals surface area contributed by atoms with Gasteiger partial charge in [-0.15, -0.1) is 0 Å². The Bertz CT molecular complexity index is 152. The summed E-state index contributed by atoms with van der Waals surface area (Å²) in [4.78, 5) is 10.0. The first kappa shape index (κ1) is 11.4. The number of rotatable bonds is 5. The number of allylic oxidation sites excluding steroid dienone is 1. The molecule has 0 spiro atoms. The summed E-state index contributed by atoms with van der Waals surface area (Å²) in [5, 5.41) is 9.65. The molecule has 0 aromatic carbocycles. The van der Waals surface area contributed by atoms with Crippen molar-refractivity contribution >= 4 is 6.29 Å². The summed E-state index contributed by atoms with van der Waals surface area (Å²) in [5.41, 5.74) is 0. The smallest absolute Gasteiger partial charge is 0.142 e. The molecule has 0 aromatic rings. The molecule has 0 fully saturated rings. The van der Waals surface area contributed by atoms with Crippen LogP contribution in [-0.4, -0.2) is 17.5 Å². The van der Waals surface area contributed by atoms with E-state index in [9.17, 15) is 9.90 Å².